The van der Waals surface area contributed by atoms with Gasteiger partial charge in [0.2, 0.25) is 0 Å². The Kier molecular flexibility index (Phi) is 11.1. The molecule has 0 spiro atoms. The first-order valence-corrected chi connectivity index (χ1v) is 15.8. The number of carbonyl (C=O) groups excluding carboxylic acids is 1. The molecule has 1 amide bonds. The maximum Gasteiger partial charge on any atom is 0.410 e. The quantitative estimate of drug-likeness (QED) is 0.158. The van der Waals surface area contributed by atoms with Crippen molar-refractivity contribution in [3.8, 4) is 0 Å². The predicted molar refractivity (Wildman–Crippen MR) is 168 cm³/mol. The predicted octanol–water partition coefficient (Wildman–Crippen LogP) is 7.41. The second-order valence-corrected chi connectivity index (χ2v) is 12.9. The molecule has 0 bridgehead atoms. The molecule has 0 heterocycles. The average Bonchev–Trinajstić information content (AvgIpc) is 3.00. The van der Waals surface area contributed by atoms with Crippen molar-refractivity contribution in [1.82, 2.24) is 9.80 Å². The van der Waals surface area contributed by atoms with Gasteiger partial charge in [-0.2, -0.15) is 0 Å². The maximum atomic E-state index is 15.2. The monoisotopic (exact) mass is 659 g/mol. The van der Waals surface area contributed by atoms with Crippen LogP contribution in [0.1, 0.15) is 29.7 Å². The highest BCUT2D eigenvalue weighted by Crippen LogP contribution is 2.37. The molecular formula is C33H33ClF3N3O4S. The molecule has 7 nitrogen and oxygen atoms in total. The van der Waals surface area contributed by atoms with Gasteiger partial charge in [0.05, 0.1) is 16.6 Å². The number of amides is 1. The van der Waals surface area contributed by atoms with Crippen LogP contribution in [0.25, 0.3) is 0 Å². The standard InChI is InChI=1S/C33H33ClF3N3O4S/c1-23(40(32-20-28(36)12-16-31(32)37)45(42,43)29-13-9-26(34)10-14-29)30-15-11-27(35)19-25(30)22-44-33(41)39(18-17-38(2)3)21-24-7-5-4-6-8-24/h4-16,19-20,23H,17-18,21-22H2,1-3H3/t23-/m1/s1. The van der Waals surface area contributed by atoms with Crippen LogP contribution in [0.15, 0.2) is 95.9 Å². The third-order valence-electron chi connectivity index (χ3n) is 7.07. The van der Waals surface area contributed by atoms with Gasteiger partial charge in [-0.25, -0.2) is 26.4 Å². The van der Waals surface area contributed by atoms with Crippen molar-refractivity contribution in [3.05, 3.63) is 130 Å². The number of ether oxygens (including phenoxy) is 1. The first kappa shape index (κ1) is 33.8. The number of likely N-dealkylation sites (N-methyl/N-ethyl adjacent to an activating group) is 1. The molecule has 0 saturated carbocycles. The largest absolute Gasteiger partial charge is 0.445 e. The van der Waals surface area contributed by atoms with E-state index < -0.39 is 51.9 Å². The Morgan fingerprint density at radius 2 is 1.51 bits per heavy atom. The molecule has 4 rings (SSSR count). The summed E-state index contributed by atoms with van der Waals surface area (Å²) < 4.78 is 78.5. The number of rotatable bonds is 12. The summed E-state index contributed by atoms with van der Waals surface area (Å²) in [5, 5.41) is 0.278. The fraction of sp³-hybridized carbons (Fsp3) is 0.242. The number of nitrogens with zero attached hydrogens (tertiary/aromatic N) is 3. The van der Waals surface area contributed by atoms with Crippen LogP contribution >= 0.6 is 11.6 Å². The Bertz CT molecular complexity index is 1730. The van der Waals surface area contributed by atoms with Gasteiger partial charge in [-0.3, -0.25) is 4.31 Å². The molecule has 45 heavy (non-hydrogen) atoms. The zero-order chi connectivity index (χ0) is 32.7. The van der Waals surface area contributed by atoms with Crippen molar-refractivity contribution in [2.24, 2.45) is 0 Å². The van der Waals surface area contributed by atoms with E-state index in [0.717, 1.165) is 40.2 Å². The molecule has 0 aromatic heterocycles. The summed E-state index contributed by atoms with van der Waals surface area (Å²) in [5.74, 6) is -2.51. The molecule has 0 aliphatic rings. The van der Waals surface area contributed by atoms with Gasteiger partial charge in [0.1, 0.15) is 24.1 Å². The molecule has 4 aromatic rings. The van der Waals surface area contributed by atoms with Gasteiger partial charge in [-0.15, -0.1) is 0 Å². The molecule has 0 radical (unpaired) electrons. The molecule has 0 saturated heterocycles. The van der Waals surface area contributed by atoms with Gasteiger partial charge in [0.25, 0.3) is 10.0 Å². The van der Waals surface area contributed by atoms with Crippen LogP contribution < -0.4 is 4.31 Å². The zero-order valence-corrected chi connectivity index (χ0v) is 26.5. The van der Waals surface area contributed by atoms with Gasteiger partial charge in [0.15, 0.2) is 0 Å². The second kappa shape index (κ2) is 14.8. The van der Waals surface area contributed by atoms with Gasteiger partial charge < -0.3 is 14.5 Å². The molecule has 0 aliphatic heterocycles. The molecule has 0 fully saturated rings. The summed E-state index contributed by atoms with van der Waals surface area (Å²) in [6.45, 7) is 2.21. The molecule has 0 unspecified atom stereocenters. The second-order valence-electron chi connectivity index (χ2n) is 10.6. The summed E-state index contributed by atoms with van der Waals surface area (Å²) in [4.78, 5) is 16.5. The summed E-state index contributed by atoms with van der Waals surface area (Å²) in [6, 6.07) is 19.4. The van der Waals surface area contributed by atoms with E-state index in [0.29, 0.717) is 13.1 Å². The number of hydrogen-bond acceptors (Lipinski definition) is 5. The number of halogens is 4. The molecular weight excluding hydrogens is 627 g/mol. The minimum Gasteiger partial charge on any atom is -0.445 e. The average molecular weight is 660 g/mol. The highest BCUT2D eigenvalue weighted by atomic mass is 35.5. The van der Waals surface area contributed by atoms with E-state index in [2.05, 4.69) is 0 Å². The SMILES string of the molecule is C[C@H](c1ccc(F)cc1COC(=O)N(CCN(C)C)Cc1ccccc1)N(c1cc(F)ccc1F)S(=O)(=O)c1ccc(Cl)cc1. The number of hydrogen-bond donors (Lipinski definition) is 0. The van der Waals surface area contributed by atoms with E-state index in [1.54, 1.807) is 0 Å². The van der Waals surface area contributed by atoms with E-state index >= 15 is 4.39 Å². The molecule has 1 atom stereocenters. The van der Waals surface area contributed by atoms with Crippen molar-refractivity contribution < 1.29 is 31.1 Å². The normalized spacial score (nSPS) is 12.2. The highest BCUT2D eigenvalue weighted by Gasteiger charge is 2.34. The molecule has 12 heteroatoms. The van der Waals surface area contributed by atoms with E-state index in [9.17, 15) is 22.0 Å². The molecule has 0 aliphatic carbocycles. The third-order valence-corrected chi connectivity index (χ3v) is 9.22. The van der Waals surface area contributed by atoms with Gasteiger partial charge in [-0.05, 0) is 86.2 Å². The molecule has 238 valence electrons. The fourth-order valence-corrected chi connectivity index (χ4v) is 6.51. The summed E-state index contributed by atoms with van der Waals surface area (Å²) in [7, 11) is -0.780. The smallest absolute Gasteiger partial charge is 0.410 e. The maximum absolute atomic E-state index is 15.2. The summed E-state index contributed by atoms with van der Waals surface area (Å²) in [6.07, 6.45) is -0.662. The lowest BCUT2D eigenvalue weighted by Crippen LogP contribution is -2.37. The van der Waals surface area contributed by atoms with Crippen LogP contribution in [0, 0.1) is 17.5 Å². The lowest BCUT2D eigenvalue weighted by Gasteiger charge is -2.32. The van der Waals surface area contributed by atoms with Crippen molar-refractivity contribution in [2.75, 3.05) is 31.5 Å². The van der Waals surface area contributed by atoms with E-state index in [-0.39, 0.29) is 27.6 Å². The Morgan fingerprint density at radius 1 is 0.867 bits per heavy atom. The van der Waals surface area contributed by atoms with Crippen LogP contribution in [0.4, 0.5) is 23.7 Å². The molecule has 0 N–H and O–H groups in total. The molecule has 4 aromatic carbocycles. The number of carbonyl (C=O) groups is 1. The topological polar surface area (TPSA) is 70.2 Å². The number of benzene rings is 4. The highest BCUT2D eigenvalue weighted by molar-refractivity contribution is 7.92. The van der Waals surface area contributed by atoms with Crippen LogP contribution in [0.5, 0.6) is 0 Å². The van der Waals surface area contributed by atoms with Gasteiger partial charge >= 0.3 is 6.09 Å². The Hall–Kier alpha value is -4.06. The van der Waals surface area contributed by atoms with Crippen molar-refractivity contribution in [3.63, 3.8) is 0 Å². The van der Waals surface area contributed by atoms with E-state index in [1.807, 2.05) is 49.3 Å². The number of sulfonamides is 1. The van der Waals surface area contributed by atoms with Crippen LogP contribution in [0.2, 0.25) is 5.02 Å². The number of anilines is 1. The fourth-order valence-electron chi connectivity index (χ4n) is 4.74. The Labute approximate surface area is 266 Å². The first-order valence-electron chi connectivity index (χ1n) is 14.0. The Balaban J connectivity index is 1.69. The lowest BCUT2D eigenvalue weighted by molar-refractivity contribution is 0.0907. The van der Waals surface area contributed by atoms with Gasteiger partial charge in [-0.1, -0.05) is 48.0 Å². The first-order chi connectivity index (χ1) is 21.4. The summed E-state index contributed by atoms with van der Waals surface area (Å²) >= 11 is 5.96. The van der Waals surface area contributed by atoms with Crippen LogP contribution in [0.3, 0.4) is 0 Å². The summed E-state index contributed by atoms with van der Waals surface area (Å²) in [5.41, 5.74) is 0.695. The minimum absolute atomic E-state index is 0.149. The van der Waals surface area contributed by atoms with Crippen molar-refractivity contribution in [2.45, 2.75) is 31.0 Å². The van der Waals surface area contributed by atoms with E-state index in [1.165, 1.54) is 42.2 Å². The lowest BCUT2D eigenvalue weighted by atomic mass is 10.0. The minimum atomic E-state index is -4.53. The zero-order valence-electron chi connectivity index (χ0n) is 25.0. The Morgan fingerprint density at radius 3 is 2.18 bits per heavy atom. The third kappa shape index (κ3) is 8.56. The van der Waals surface area contributed by atoms with Crippen LogP contribution in [-0.2, 0) is 27.9 Å². The van der Waals surface area contributed by atoms with Crippen molar-refractivity contribution >= 4 is 33.4 Å². The van der Waals surface area contributed by atoms with E-state index in [4.69, 9.17) is 16.3 Å². The van der Waals surface area contributed by atoms with Crippen molar-refractivity contribution in [1.29, 1.82) is 0 Å². The van der Waals surface area contributed by atoms with Crippen LogP contribution in [-0.4, -0.2) is 51.5 Å². The van der Waals surface area contributed by atoms with Gasteiger partial charge in [0, 0.05) is 30.7 Å².